The summed E-state index contributed by atoms with van der Waals surface area (Å²) < 4.78 is 4.15. The van der Waals surface area contributed by atoms with Crippen LogP contribution in [0.25, 0.3) is 0 Å². The third-order valence-corrected chi connectivity index (χ3v) is 4.01. The first-order valence-corrected chi connectivity index (χ1v) is 6.14. The highest BCUT2D eigenvalue weighted by atomic mass is 32.1. The van der Waals surface area contributed by atoms with Crippen LogP contribution in [0.3, 0.4) is 0 Å². The molecule has 1 N–H and O–H groups in total. The van der Waals surface area contributed by atoms with Crippen molar-refractivity contribution in [2.75, 3.05) is 11.9 Å². The van der Waals surface area contributed by atoms with Crippen molar-refractivity contribution < 1.29 is 0 Å². The minimum atomic E-state index is 0.882. The normalized spacial score (nSPS) is 30.4. The molecule has 0 saturated heterocycles. The number of aryl methyl sites for hydroxylation is 1. The monoisotopic (exact) mass is 209 g/mol. The van der Waals surface area contributed by atoms with Crippen molar-refractivity contribution in [2.45, 2.75) is 26.2 Å². The molecule has 0 bridgehead atoms. The Morgan fingerprint density at radius 2 is 2.36 bits per heavy atom. The van der Waals surface area contributed by atoms with Crippen molar-refractivity contribution in [1.29, 1.82) is 0 Å². The van der Waals surface area contributed by atoms with Gasteiger partial charge in [-0.3, -0.25) is 0 Å². The Kier molecular flexibility index (Phi) is 1.97. The van der Waals surface area contributed by atoms with Crippen LogP contribution < -0.4 is 5.32 Å². The molecule has 0 aromatic carbocycles. The minimum absolute atomic E-state index is 0.882. The lowest BCUT2D eigenvalue weighted by atomic mass is 10.2. The van der Waals surface area contributed by atoms with Gasteiger partial charge >= 0.3 is 0 Å². The van der Waals surface area contributed by atoms with E-state index in [0.717, 1.165) is 35.3 Å². The third-order valence-electron chi connectivity index (χ3n) is 3.25. The second kappa shape index (κ2) is 3.19. The molecule has 1 aromatic rings. The average molecular weight is 209 g/mol. The van der Waals surface area contributed by atoms with Gasteiger partial charge in [0.15, 0.2) is 0 Å². The lowest BCUT2D eigenvalue weighted by molar-refractivity contribution is 0.643. The minimum Gasteiger partial charge on any atom is -0.360 e. The summed E-state index contributed by atoms with van der Waals surface area (Å²) in [6, 6.07) is 0. The van der Waals surface area contributed by atoms with Gasteiger partial charge in [-0.1, -0.05) is 0 Å². The van der Waals surface area contributed by atoms with E-state index in [0.29, 0.717) is 0 Å². The van der Waals surface area contributed by atoms with Crippen LogP contribution in [0.4, 0.5) is 5.13 Å². The lowest BCUT2D eigenvalue weighted by Crippen LogP contribution is -2.04. The summed E-state index contributed by atoms with van der Waals surface area (Å²) in [5, 5.41) is 4.37. The Bertz CT molecular complexity index is 332. The lowest BCUT2D eigenvalue weighted by Gasteiger charge is -1.99. The highest BCUT2D eigenvalue weighted by Crippen LogP contribution is 2.54. The molecule has 2 fully saturated rings. The Balaban J connectivity index is 1.46. The molecule has 0 spiro atoms. The highest BCUT2D eigenvalue weighted by molar-refractivity contribution is 7.09. The molecule has 0 radical (unpaired) electrons. The van der Waals surface area contributed by atoms with Crippen LogP contribution in [0, 0.1) is 24.7 Å². The molecule has 3 rings (SSSR count). The topological polar surface area (TPSA) is 37.8 Å². The van der Waals surface area contributed by atoms with Crippen molar-refractivity contribution >= 4 is 16.7 Å². The molecule has 0 amide bonds. The average Bonchev–Trinajstić information content (AvgIpc) is 3.03. The molecule has 76 valence electrons. The van der Waals surface area contributed by atoms with Crippen molar-refractivity contribution in [2.24, 2.45) is 17.8 Å². The van der Waals surface area contributed by atoms with Gasteiger partial charge in [-0.05, 0) is 43.9 Å². The van der Waals surface area contributed by atoms with Gasteiger partial charge in [0.2, 0.25) is 5.13 Å². The molecule has 2 atom stereocenters. The largest absolute Gasteiger partial charge is 0.360 e. The van der Waals surface area contributed by atoms with E-state index in [-0.39, 0.29) is 0 Å². The van der Waals surface area contributed by atoms with Crippen LogP contribution in [0.1, 0.15) is 25.1 Å². The maximum Gasteiger partial charge on any atom is 0.202 e. The first-order valence-electron chi connectivity index (χ1n) is 5.37. The van der Waals surface area contributed by atoms with Gasteiger partial charge in [0.25, 0.3) is 0 Å². The van der Waals surface area contributed by atoms with E-state index in [4.69, 9.17) is 0 Å². The number of nitrogens with zero attached hydrogens (tertiary/aromatic N) is 2. The van der Waals surface area contributed by atoms with E-state index in [2.05, 4.69) is 14.7 Å². The van der Waals surface area contributed by atoms with Gasteiger partial charge in [0, 0.05) is 18.1 Å². The molecule has 2 saturated carbocycles. The standard InChI is InChI=1S/C10H15N3S/c1-6-12-10(14-13-6)11-5-8-4-9(8)7-2-3-7/h7-9H,2-5H2,1H3,(H,11,12,13). The van der Waals surface area contributed by atoms with Gasteiger partial charge < -0.3 is 5.32 Å². The zero-order chi connectivity index (χ0) is 9.54. The quantitative estimate of drug-likeness (QED) is 0.827. The second-order valence-electron chi connectivity index (χ2n) is 4.52. The number of aromatic nitrogens is 2. The first-order chi connectivity index (χ1) is 6.83. The fraction of sp³-hybridized carbons (Fsp3) is 0.800. The number of anilines is 1. The van der Waals surface area contributed by atoms with Gasteiger partial charge in [-0.25, -0.2) is 4.98 Å². The van der Waals surface area contributed by atoms with Crippen LogP contribution in [0.2, 0.25) is 0 Å². The Labute approximate surface area is 88.1 Å². The third kappa shape index (κ3) is 1.75. The number of hydrogen-bond donors (Lipinski definition) is 1. The zero-order valence-corrected chi connectivity index (χ0v) is 9.18. The molecule has 2 aliphatic carbocycles. The van der Waals surface area contributed by atoms with Crippen molar-refractivity contribution in [1.82, 2.24) is 9.36 Å². The highest BCUT2D eigenvalue weighted by Gasteiger charge is 2.46. The van der Waals surface area contributed by atoms with Crippen molar-refractivity contribution in [3.63, 3.8) is 0 Å². The van der Waals surface area contributed by atoms with Crippen molar-refractivity contribution in [3.05, 3.63) is 5.82 Å². The summed E-state index contributed by atoms with van der Waals surface area (Å²) in [5.41, 5.74) is 0. The fourth-order valence-electron chi connectivity index (χ4n) is 2.19. The molecular weight excluding hydrogens is 194 g/mol. The zero-order valence-electron chi connectivity index (χ0n) is 8.36. The van der Waals surface area contributed by atoms with E-state index >= 15 is 0 Å². The predicted octanol–water partition coefficient (Wildman–Crippen LogP) is 2.30. The molecule has 2 aliphatic rings. The van der Waals surface area contributed by atoms with Crippen molar-refractivity contribution in [3.8, 4) is 0 Å². The summed E-state index contributed by atoms with van der Waals surface area (Å²) in [4.78, 5) is 4.29. The van der Waals surface area contributed by atoms with Gasteiger partial charge in [-0.2, -0.15) is 4.37 Å². The summed E-state index contributed by atoms with van der Waals surface area (Å²) in [6.07, 6.45) is 4.41. The Morgan fingerprint density at radius 3 is 3.00 bits per heavy atom. The fourth-order valence-corrected chi connectivity index (χ4v) is 2.77. The number of rotatable bonds is 4. The molecule has 3 nitrogen and oxygen atoms in total. The number of nitrogens with one attached hydrogen (secondary N) is 1. The van der Waals surface area contributed by atoms with Gasteiger partial charge in [-0.15, -0.1) is 0 Å². The molecule has 1 aromatic heterocycles. The SMILES string of the molecule is Cc1nsc(NCC2CC2C2CC2)n1. The van der Waals surface area contributed by atoms with E-state index in [1.807, 2.05) is 6.92 Å². The maximum atomic E-state index is 4.29. The number of hydrogen-bond acceptors (Lipinski definition) is 4. The summed E-state index contributed by atoms with van der Waals surface area (Å²) in [7, 11) is 0. The van der Waals surface area contributed by atoms with Gasteiger partial charge in [0.1, 0.15) is 5.82 Å². The van der Waals surface area contributed by atoms with Crippen LogP contribution in [0.15, 0.2) is 0 Å². The first kappa shape index (κ1) is 8.65. The molecule has 14 heavy (non-hydrogen) atoms. The smallest absolute Gasteiger partial charge is 0.202 e. The van der Waals surface area contributed by atoms with Crippen LogP contribution in [-0.2, 0) is 0 Å². The summed E-state index contributed by atoms with van der Waals surface area (Å²) in [5.74, 6) is 3.92. The molecule has 0 aliphatic heterocycles. The summed E-state index contributed by atoms with van der Waals surface area (Å²) in [6.45, 7) is 3.04. The van der Waals surface area contributed by atoms with Crippen LogP contribution in [0.5, 0.6) is 0 Å². The molecular formula is C10H15N3S. The van der Waals surface area contributed by atoms with E-state index in [1.165, 1.54) is 30.8 Å². The predicted molar refractivity (Wildman–Crippen MR) is 57.5 cm³/mol. The van der Waals surface area contributed by atoms with Crippen LogP contribution in [-0.4, -0.2) is 15.9 Å². The van der Waals surface area contributed by atoms with E-state index in [1.54, 1.807) is 0 Å². The Morgan fingerprint density at radius 1 is 1.50 bits per heavy atom. The molecule has 1 heterocycles. The van der Waals surface area contributed by atoms with E-state index in [9.17, 15) is 0 Å². The maximum absolute atomic E-state index is 4.29. The second-order valence-corrected chi connectivity index (χ2v) is 5.28. The summed E-state index contributed by atoms with van der Waals surface area (Å²) >= 11 is 1.47. The molecule has 4 heteroatoms. The molecule has 2 unspecified atom stereocenters. The van der Waals surface area contributed by atoms with Gasteiger partial charge in [0.05, 0.1) is 0 Å². The van der Waals surface area contributed by atoms with Crippen LogP contribution >= 0.6 is 11.5 Å². The van der Waals surface area contributed by atoms with E-state index < -0.39 is 0 Å². The Hall–Kier alpha value is -0.640.